The van der Waals surface area contributed by atoms with Gasteiger partial charge in [0.2, 0.25) is 6.08 Å². The highest BCUT2D eigenvalue weighted by molar-refractivity contribution is 5.90. The summed E-state index contributed by atoms with van der Waals surface area (Å²) in [7, 11) is 0. The predicted molar refractivity (Wildman–Crippen MR) is 41.2 cm³/mol. The van der Waals surface area contributed by atoms with Gasteiger partial charge in [0.1, 0.15) is 0 Å². The summed E-state index contributed by atoms with van der Waals surface area (Å²) in [5.74, 6) is -1.64. The molecular formula is C7H7NO4. The van der Waals surface area contributed by atoms with Crippen LogP contribution in [0.3, 0.4) is 0 Å². The van der Waals surface area contributed by atoms with Gasteiger partial charge in [0.05, 0.1) is 0 Å². The van der Waals surface area contributed by atoms with E-state index < -0.39 is 11.9 Å². The zero-order chi connectivity index (χ0) is 9.98. The highest BCUT2D eigenvalue weighted by Crippen LogP contribution is 1.68. The molecule has 0 radical (unpaired) electrons. The monoisotopic (exact) mass is 169 g/mol. The Morgan fingerprint density at radius 2 is 1.75 bits per heavy atom. The number of amides is 1. The third-order valence-electron chi connectivity index (χ3n) is 0.505. The van der Waals surface area contributed by atoms with Crippen LogP contribution >= 0.6 is 0 Å². The summed E-state index contributed by atoms with van der Waals surface area (Å²) >= 11 is 0. The molecular weight excluding hydrogens is 162 g/mol. The van der Waals surface area contributed by atoms with Crippen LogP contribution < -0.4 is 0 Å². The first-order chi connectivity index (χ1) is 5.58. The molecule has 0 rings (SSSR count). The van der Waals surface area contributed by atoms with Crippen molar-refractivity contribution in [2.75, 3.05) is 0 Å². The number of carbonyl (C=O) groups is 2. The Balaban J connectivity index is 0. The number of aliphatic imine (C=N–C) groups is 1. The lowest BCUT2D eigenvalue weighted by atomic mass is 10.6. The summed E-state index contributed by atoms with van der Waals surface area (Å²) < 4.78 is 0. The van der Waals surface area contributed by atoms with Crippen LogP contribution in [0.25, 0.3) is 0 Å². The Bertz CT molecular complexity index is 238. The van der Waals surface area contributed by atoms with Crippen molar-refractivity contribution in [3.05, 3.63) is 25.3 Å². The Hall–Kier alpha value is -2.00. The number of carbonyl (C=O) groups excluding carboxylic acids is 2. The molecule has 0 fully saturated rings. The molecule has 0 aliphatic carbocycles. The number of rotatable bonds is 2. The second-order valence-electron chi connectivity index (χ2n) is 1.29. The first-order valence-electron chi connectivity index (χ1n) is 2.68. The van der Waals surface area contributed by atoms with E-state index in [0.717, 1.165) is 18.2 Å². The lowest BCUT2D eigenvalue weighted by molar-refractivity contribution is -0.131. The topological polar surface area (TPSA) is 83.8 Å². The van der Waals surface area contributed by atoms with Crippen molar-refractivity contribution in [3.63, 3.8) is 0 Å². The Kier molecular flexibility index (Phi) is 9.49. The molecule has 5 nitrogen and oxygen atoms in total. The van der Waals surface area contributed by atoms with E-state index in [1.165, 1.54) is 0 Å². The Morgan fingerprint density at radius 1 is 1.33 bits per heavy atom. The molecule has 12 heavy (non-hydrogen) atoms. The zero-order valence-corrected chi connectivity index (χ0v) is 6.19. The largest absolute Gasteiger partial charge is 0.478 e. The standard InChI is InChI=1S/C4H3NO2.C3H4O2/c1-2-4(7)5-3-6;1-2-3(4)5/h2H,1H2;2H,1H2,(H,4,5). The minimum Gasteiger partial charge on any atom is -0.478 e. The molecule has 0 saturated carbocycles. The van der Waals surface area contributed by atoms with Crippen molar-refractivity contribution in [3.8, 4) is 0 Å². The predicted octanol–water partition coefficient (Wildman–Crippen LogP) is 0.292. The average Bonchev–Trinajstić information content (AvgIpc) is 2.06. The third-order valence-corrected chi connectivity index (χ3v) is 0.505. The van der Waals surface area contributed by atoms with Gasteiger partial charge in [-0.2, -0.15) is 0 Å². The molecule has 0 aromatic carbocycles. The van der Waals surface area contributed by atoms with Crippen molar-refractivity contribution in [1.82, 2.24) is 0 Å². The number of hydrogen-bond donors (Lipinski definition) is 1. The van der Waals surface area contributed by atoms with Crippen molar-refractivity contribution in [2.45, 2.75) is 0 Å². The minimum atomic E-state index is -0.981. The van der Waals surface area contributed by atoms with Gasteiger partial charge in [-0.05, 0) is 6.08 Å². The number of hydrogen-bond acceptors (Lipinski definition) is 3. The summed E-state index contributed by atoms with van der Waals surface area (Å²) in [6.45, 7) is 6.02. The fourth-order valence-electron chi connectivity index (χ4n) is 0.0906. The normalized spacial score (nSPS) is 6.33. The Labute approximate surface area is 68.7 Å². The molecule has 64 valence electrons. The van der Waals surface area contributed by atoms with E-state index in [0.29, 0.717) is 0 Å². The van der Waals surface area contributed by atoms with Gasteiger partial charge in [0.15, 0.2) is 0 Å². The summed E-state index contributed by atoms with van der Waals surface area (Å²) in [6.07, 6.45) is 2.84. The minimum absolute atomic E-state index is 0.657. The van der Waals surface area contributed by atoms with Gasteiger partial charge in [-0.15, -0.1) is 4.99 Å². The van der Waals surface area contributed by atoms with E-state index in [4.69, 9.17) is 5.11 Å². The molecule has 0 aliphatic heterocycles. The van der Waals surface area contributed by atoms with Crippen LogP contribution in [0, 0.1) is 0 Å². The molecule has 0 heterocycles. The summed E-state index contributed by atoms with van der Waals surface area (Å²) in [5.41, 5.74) is 0. The SMILES string of the molecule is C=CC(=O)N=C=O.C=CC(=O)O. The van der Waals surface area contributed by atoms with Gasteiger partial charge in [-0.1, -0.05) is 13.2 Å². The quantitative estimate of drug-likeness (QED) is 0.366. The molecule has 0 aromatic heterocycles. The van der Waals surface area contributed by atoms with E-state index in [9.17, 15) is 14.4 Å². The molecule has 0 aliphatic rings. The molecule has 0 saturated heterocycles. The zero-order valence-electron chi connectivity index (χ0n) is 6.19. The van der Waals surface area contributed by atoms with Gasteiger partial charge in [0.25, 0.3) is 5.91 Å². The maximum absolute atomic E-state index is 9.86. The summed E-state index contributed by atoms with van der Waals surface area (Å²) in [6, 6.07) is 0. The van der Waals surface area contributed by atoms with E-state index in [1.54, 1.807) is 0 Å². The van der Waals surface area contributed by atoms with Gasteiger partial charge in [0, 0.05) is 6.08 Å². The van der Waals surface area contributed by atoms with E-state index in [1.807, 2.05) is 0 Å². The number of nitrogens with zero attached hydrogens (tertiary/aromatic N) is 1. The van der Waals surface area contributed by atoms with E-state index in [2.05, 4.69) is 18.2 Å². The highest BCUT2D eigenvalue weighted by atomic mass is 16.4. The number of carboxylic acid groups (broad SMARTS) is 1. The molecule has 0 unspecified atom stereocenters. The van der Waals surface area contributed by atoms with Crippen LogP contribution in [0.15, 0.2) is 30.3 Å². The van der Waals surface area contributed by atoms with Crippen LogP contribution in [0.1, 0.15) is 0 Å². The lowest BCUT2D eigenvalue weighted by Crippen LogP contribution is -1.82. The lowest BCUT2D eigenvalue weighted by Gasteiger charge is -1.66. The number of isocyanates is 1. The first kappa shape index (κ1) is 12.7. The van der Waals surface area contributed by atoms with Crippen LogP contribution in [0.4, 0.5) is 0 Å². The van der Waals surface area contributed by atoms with Gasteiger partial charge >= 0.3 is 5.97 Å². The molecule has 0 spiro atoms. The van der Waals surface area contributed by atoms with Gasteiger partial charge < -0.3 is 5.11 Å². The summed E-state index contributed by atoms with van der Waals surface area (Å²) in [5, 5.41) is 7.60. The first-order valence-corrected chi connectivity index (χ1v) is 2.68. The van der Waals surface area contributed by atoms with Crippen LogP contribution in [-0.4, -0.2) is 23.1 Å². The van der Waals surface area contributed by atoms with Crippen molar-refractivity contribution in [1.29, 1.82) is 0 Å². The van der Waals surface area contributed by atoms with E-state index >= 15 is 0 Å². The van der Waals surface area contributed by atoms with Crippen molar-refractivity contribution in [2.24, 2.45) is 4.99 Å². The van der Waals surface area contributed by atoms with Gasteiger partial charge in [-0.25, -0.2) is 9.59 Å². The van der Waals surface area contributed by atoms with Crippen LogP contribution in [0.2, 0.25) is 0 Å². The van der Waals surface area contributed by atoms with Crippen molar-refractivity contribution >= 4 is 18.0 Å². The molecule has 0 bridgehead atoms. The Morgan fingerprint density at radius 3 is 1.83 bits per heavy atom. The fraction of sp³-hybridized carbons (Fsp3) is 0. The third kappa shape index (κ3) is 15.7. The molecule has 0 atom stereocenters. The molecule has 1 amide bonds. The maximum Gasteiger partial charge on any atom is 0.327 e. The second kappa shape index (κ2) is 9.00. The second-order valence-corrected chi connectivity index (χ2v) is 1.29. The molecule has 0 aromatic rings. The smallest absolute Gasteiger partial charge is 0.327 e. The summed E-state index contributed by atoms with van der Waals surface area (Å²) in [4.78, 5) is 31.0. The van der Waals surface area contributed by atoms with Crippen molar-refractivity contribution < 1.29 is 19.5 Å². The highest BCUT2D eigenvalue weighted by Gasteiger charge is 1.81. The van der Waals surface area contributed by atoms with Gasteiger partial charge in [-0.3, -0.25) is 4.79 Å². The van der Waals surface area contributed by atoms with E-state index in [-0.39, 0.29) is 0 Å². The number of carboxylic acids is 1. The maximum atomic E-state index is 9.86. The molecule has 5 heteroatoms. The average molecular weight is 169 g/mol. The molecule has 1 N–H and O–H groups in total. The van der Waals surface area contributed by atoms with Crippen LogP contribution in [0.5, 0.6) is 0 Å². The van der Waals surface area contributed by atoms with Crippen LogP contribution in [-0.2, 0) is 14.4 Å². The fourth-order valence-corrected chi connectivity index (χ4v) is 0.0906. The number of aliphatic carboxylic acids is 1.